The van der Waals surface area contributed by atoms with Crippen LogP contribution in [0.25, 0.3) is 66.9 Å². The molecule has 1 aliphatic heterocycles. The lowest BCUT2D eigenvalue weighted by Gasteiger charge is -2.39. The lowest BCUT2D eigenvalue weighted by Crippen LogP contribution is -2.32. The number of aromatic nitrogens is 2. The Hall–Kier alpha value is -7.10. The molecule has 11 rings (SSSR count). The zero-order valence-electron chi connectivity index (χ0n) is 29.3. The molecule has 1 aromatic heterocycles. The second-order valence-electron chi connectivity index (χ2n) is 14.1. The van der Waals surface area contributed by atoms with Gasteiger partial charge in [0, 0.05) is 27.8 Å². The summed E-state index contributed by atoms with van der Waals surface area (Å²) in [6.45, 7) is 0. The summed E-state index contributed by atoms with van der Waals surface area (Å²) in [6.07, 6.45) is 0. The number of para-hydroxylation sites is 2. The molecule has 0 bridgehead atoms. The fourth-order valence-electron chi connectivity index (χ4n) is 8.75. The van der Waals surface area contributed by atoms with Crippen molar-refractivity contribution in [3.05, 3.63) is 216 Å². The Labute approximate surface area is 313 Å². The van der Waals surface area contributed by atoms with Crippen LogP contribution in [-0.2, 0) is 5.41 Å². The third-order valence-corrected chi connectivity index (χ3v) is 11.2. The molecule has 252 valence electrons. The number of hydrogen-bond acceptors (Lipinski definition) is 3. The van der Waals surface area contributed by atoms with Crippen LogP contribution in [0.1, 0.15) is 22.3 Å². The van der Waals surface area contributed by atoms with Gasteiger partial charge in [0.2, 0.25) is 0 Å². The summed E-state index contributed by atoms with van der Waals surface area (Å²) in [5.74, 6) is 2.45. The molecule has 2 heterocycles. The van der Waals surface area contributed by atoms with Crippen LogP contribution in [0.15, 0.2) is 194 Å². The fraction of sp³-hybridized carbons (Fsp3) is 0.0196. The summed E-state index contributed by atoms with van der Waals surface area (Å²) >= 11 is 0. The van der Waals surface area contributed by atoms with Crippen molar-refractivity contribution < 1.29 is 4.74 Å². The molecule has 0 amide bonds. The molecular weight excluding hydrogens is 657 g/mol. The predicted molar refractivity (Wildman–Crippen MR) is 219 cm³/mol. The zero-order valence-corrected chi connectivity index (χ0v) is 29.3. The number of fused-ring (bicyclic) bond motifs is 11. The highest BCUT2D eigenvalue weighted by Crippen LogP contribution is 2.63. The highest BCUT2D eigenvalue weighted by Gasteiger charge is 2.51. The molecule has 0 radical (unpaired) electrons. The summed E-state index contributed by atoms with van der Waals surface area (Å²) in [5, 5.41) is 2.47. The van der Waals surface area contributed by atoms with Crippen molar-refractivity contribution in [2.24, 2.45) is 0 Å². The molecule has 0 fully saturated rings. The Morgan fingerprint density at radius 1 is 0.370 bits per heavy atom. The maximum absolute atomic E-state index is 6.64. The Bertz CT molecular complexity index is 2850. The minimum atomic E-state index is -0.596. The first-order chi connectivity index (χ1) is 26.8. The highest BCUT2D eigenvalue weighted by atomic mass is 16.5. The van der Waals surface area contributed by atoms with Crippen LogP contribution in [0.4, 0.5) is 0 Å². The number of hydrogen-bond donors (Lipinski definition) is 0. The summed E-state index contributed by atoms with van der Waals surface area (Å²) in [6, 6.07) is 68.9. The molecule has 1 spiro atoms. The number of benzene rings is 8. The normalized spacial score (nSPS) is 13.1. The van der Waals surface area contributed by atoms with Crippen molar-refractivity contribution in [1.29, 1.82) is 0 Å². The molecule has 0 N–H and O–H groups in total. The summed E-state index contributed by atoms with van der Waals surface area (Å²) in [4.78, 5) is 10.4. The maximum atomic E-state index is 6.64. The van der Waals surface area contributed by atoms with Gasteiger partial charge in [0.25, 0.3) is 0 Å². The van der Waals surface area contributed by atoms with Crippen LogP contribution in [0.3, 0.4) is 0 Å². The average Bonchev–Trinajstić information content (AvgIpc) is 3.54. The average molecular weight is 689 g/mol. The first kappa shape index (κ1) is 30.5. The van der Waals surface area contributed by atoms with E-state index in [4.69, 9.17) is 14.7 Å². The van der Waals surface area contributed by atoms with Gasteiger partial charge in [-0.15, -0.1) is 0 Å². The van der Waals surface area contributed by atoms with E-state index < -0.39 is 5.41 Å². The van der Waals surface area contributed by atoms with Gasteiger partial charge in [-0.2, -0.15) is 0 Å². The third kappa shape index (κ3) is 4.55. The van der Waals surface area contributed by atoms with E-state index in [1.165, 1.54) is 44.2 Å². The topological polar surface area (TPSA) is 35.0 Å². The van der Waals surface area contributed by atoms with Crippen molar-refractivity contribution in [2.75, 3.05) is 0 Å². The molecule has 3 heteroatoms. The van der Waals surface area contributed by atoms with Gasteiger partial charge < -0.3 is 4.74 Å². The van der Waals surface area contributed by atoms with E-state index in [0.29, 0.717) is 5.82 Å². The molecule has 0 saturated heterocycles. The summed E-state index contributed by atoms with van der Waals surface area (Å²) in [5.41, 5.74) is 13.8. The molecule has 3 nitrogen and oxygen atoms in total. The van der Waals surface area contributed by atoms with E-state index in [2.05, 4.69) is 170 Å². The maximum Gasteiger partial charge on any atom is 0.160 e. The summed E-state index contributed by atoms with van der Waals surface area (Å²) in [7, 11) is 0. The molecule has 54 heavy (non-hydrogen) atoms. The monoisotopic (exact) mass is 688 g/mol. The van der Waals surface area contributed by atoms with Crippen LogP contribution >= 0.6 is 0 Å². The van der Waals surface area contributed by atoms with Gasteiger partial charge in [0.15, 0.2) is 5.82 Å². The Morgan fingerprint density at radius 3 is 1.65 bits per heavy atom. The van der Waals surface area contributed by atoms with Gasteiger partial charge in [-0.25, -0.2) is 9.97 Å². The van der Waals surface area contributed by atoms with Gasteiger partial charge >= 0.3 is 0 Å². The molecule has 0 unspecified atom stereocenters. The Morgan fingerprint density at radius 2 is 0.926 bits per heavy atom. The summed E-state index contributed by atoms with van der Waals surface area (Å²) < 4.78 is 6.64. The van der Waals surface area contributed by atoms with Crippen molar-refractivity contribution in [3.8, 4) is 67.7 Å². The largest absolute Gasteiger partial charge is 0.457 e. The van der Waals surface area contributed by atoms with Crippen molar-refractivity contribution in [3.63, 3.8) is 0 Å². The smallest absolute Gasteiger partial charge is 0.160 e. The van der Waals surface area contributed by atoms with E-state index in [0.717, 1.165) is 50.7 Å². The number of ether oxygens (including phenoxy) is 1. The molecule has 0 atom stereocenters. The minimum absolute atomic E-state index is 0.596. The van der Waals surface area contributed by atoms with E-state index in [1.54, 1.807) is 0 Å². The van der Waals surface area contributed by atoms with Crippen molar-refractivity contribution >= 4 is 10.8 Å². The number of rotatable bonds is 4. The Kier molecular flexibility index (Phi) is 6.77. The van der Waals surface area contributed by atoms with E-state index in [-0.39, 0.29) is 0 Å². The first-order valence-corrected chi connectivity index (χ1v) is 18.4. The van der Waals surface area contributed by atoms with Crippen molar-refractivity contribution in [2.45, 2.75) is 5.41 Å². The molecule has 9 aromatic rings. The fourth-order valence-corrected chi connectivity index (χ4v) is 8.75. The van der Waals surface area contributed by atoms with Gasteiger partial charge in [0.05, 0.1) is 16.8 Å². The van der Waals surface area contributed by atoms with Gasteiger partial charge in [-0.05, 0) is 68.4 Å². The van der Waals surface area contributed by atoms with Crippen molar-refractivity contribution in [1.82, 2.24) is 9.97 Å². The standard InChI is InChI=1S/C51H32N2O/c1-3-13-33(14-4-1)34-23-25-36(26-24-34)45-32-46(53-50(52-45)37-16-5-2-6-17-37)38-27-29-40-44(31-38)51(43-30-28-35-15-7-8-18-39(35)49(40)43)41-19-9-11-21-47(41)54-48-22-12-10-20-42(48)51/h1-32H. The van der Waals surface area contributed by atoms with Gasteiger partial charge in [-0.1, -0.05) is 170 Å². The van der Waals surface area contributed by atoms with E-state index in [1.807, 2.05) is 24.3 Å². The molecule has 2 aliphatic rings. The zero-order chi connectivity index (χ0) is 35.6. The lowest BCUT2D eigenvalue weighted by atomic mass is 9.66. The van der Waals surface area contributed by atoms with Crippen LogP contribution in [0.2, 0.25) is 0 Å². The number of nitrogens with zero attached hydrogens (tertiary/aromatic N) is 2. The highest BCUT2D eigenvalue weighted by molar-refractivity contribution is 6.05. The second-order valence-corrected chi connectivity index (χ2v) is 14.1. The van der Waals surface area contributed by atoms with E-state index >= 15 is 0 Å². The second kappa shape index (κ2) is 12.0. The van der Waals surface area contributed by atoms with E-state index in [9.17, 15) is 0 Å². The SMILES string of the molecule is c1ccc(-c2ccc(-c3cc(-c4ccc5c(c4)C4(c6ccccc6Oc6ccccc64)c4ccc6ccccc6c4-5)nc(-c4ccccc4)n3)cc2)cc1. The van der Waals surface area contributed by atoms with Crippen LogP contribution in [-0.4, -0.2) is 9.97 Å². The van der Waals surface area contributed by atoms with Crippen LogP contribution in [0.5, 0.6) is 11.5 Å². The quantitative estimate of drug-likeness (QED) is 0.185. The Balaban J connectivity index is 1.16. The minimum Gasteiger partial charge on any atom is -0.457 e. The molecular formula is C51H32N2O. The van der Waals surface area contributed by atoms with Gasteiger partial charge in [0.1, 0.15) is 11.5 Å². The molecule has 1 aliphatic carbocycles. The van der Waals surface area contributed by atoms with Crippen LogP contribution < -0.4 is 4.74 Å². The molecule has 0 saturated carbocycles. The van der Waals surface area contributed by atoms with Gasteiger partial charge in [-0.3, -0.25) is 0 Å². The lowest BCUT2D eigenvalue weighted by molar-refractivity contribution is 0.436. The first-order valence-electron chi connectivity index (χ1n) is 18.4. The predicted octanol–water partition coefficient (Wildman–Crippen LogP) is 12.8. The van der Waals surface area contributed by atoms with Crippen LogP contribution in [0, 0.1) is 0 Å². The third-order valence-electron chi connectivity index (χ3n) is 11.2. The molecule has 8 aromatic carbocycles.